The third kappa shape index (κ3) is 2.72. The highest BCUT2D eigenvalue weighted by atomic mass is 35.5. The third-order valence-electron chi connectivity index (χ3n) is 2.07. The molecule has 5 heteroatoms. The number of carbonyl (C=O) groups is 1. The molecule has 1 aromatic heterocycles. The van der Waals surface area contributed by atoms with Gasteiger partial charge in [-0.05, 0) is 20.8 Å². The van der Waals surface area contributed by atoms with Crippen LogP contribution in [0.25, 0.3) is 0 Å². The van der Waals surface area contributed by atoms with Crippen molar-refractivity contribution in [1.29, 1.82) is 0 Å². The van der Waals surface area contributed by atoms with Crippen molar-refractivity contribution in [2.24, 2.45) is 0 Å². The van der Waals surface area contributed by atoms with Gasteiger partial charge in [0.15, 0.2) is 0 Å². The Morgan fingerprint density at radius 1 is 1.53 bits per heavy atom. The minimum atomic E-state index is -0.269. The normalized spacial score (nSPS) is 10.4. The molecule has 4 nitrogen and oxygen atoms in total. The molecule has 0 aromatic carbocycles. The van der Waals surface area contributed by atoms with Crippen LogP contribution in [0.15, 0.2) is 0 Å². The average molecular weight is 231 g/mol. The second-order valence-electron chi connectivity index (χ2n) is 3.14. The number of nitrogens with zero attached hydrogens (tertiary/aromatic N) is 2. The first-order chi connectivity index (χ1) is 7.10. The fourth-order valence-corrected chi connectivity index (χ4v) is 1.59. The van der Waals surface area contributed by atoms with Crippen LogP contribution in [-0.4, -0.2) is 22.4 Å². The number of esters is 1. The second-order valence-corrected chi connectivity index (χ2v) is 3.52. The van der Waals surface area contributed by atoms with Crippen LogP contribution in [0.5, 0.6) is 0 Å². The highest BCUT2D eigenvalue weighted by Gasteiger charge is 2.16. The molecule has 0 radical (unpaired) electrons. The second kappa shape index (κ2) is 5.16. The molecule has 0 N–H and O–H groups in total. The van der Waals surface area contributed by atoms with Crippen molar-refractivity contribution >= 4 is 17.6 Å². The molecule has 84 valence electrons. The van der Waals surface area contributed by atoms with Crippen LogP contribution >= 0.6 is 11.6 Å². The van der Waals surface area contributed by atoms with Gasteiger partial charge in [-0.3, -0.25) is 9.48 Å². The summed E-state index contributed by atoms with van der Waals surface area (Å²) in [5.41, 5.74) is 1.48. The monoisotopic (exact) mass is 230 g/mol. The molecule has 0 saturated heterocycles. The van der Waals surface area contributed by atoms with E-state index in [9.17, 15) is 4.79 Å². The summed E-state index contributed by atoms with van der Waals surface area (Å²) in [6.45, 7) is 6.64. The standard InChI is InChI=1S/C10H15ClN2O2/c1-4-13-8(6-9(14)15-5-2)10(11)7(3)12-13/h4-6H2,1-3H3. The fraction of sp³-hybridized carbons (Fsp3) is 0.600. The Hall–Kier alpha value is -1.03. The summed E-state index contributed by atoms with van der Waals surface area (Å²) in [5.74, 6) is -0.269. The Balaban J connectivity index is 2.87. The zero-order valence-electron chi connectivity index (χ0n) is 9.21. The summed E-state index contributed by atoms with van der Waals surface area (Å²) in [5, 5.41) is 4.78. The lowest BCUT2D eigenvalue weighted by atomic mass is 10.3. The van der Waals surface area contributed by atoms with Gasteiger partial charge in [0.2, 0.25) is 0 Å². The van der Waals surface area contributed by atoms with Gasteiger partial charge >= 0.3 is 5.97 Å². The van der Waals surface area contributed by atoms with Crippen LogP contribution in [0.4, 0.5) is 0 Å². The predicted octanol–water partition coefficient (Wildman–Crippen LogP) is 1.97. The van der Waals surface area contributed by atoms with Crippen molar-refractivity contribution in [1.82, 2.24) is 9.78 Å². The minimum absolute atomic E-state index is 0.182. The number of halogens is 1. The summed E-state index contributed by atoms with van der Waals surface area (Å²) < 4.78 is 6.60. The Kier molecular flexibility index (Phi) is 4.15. The molecule has 0 aliphatic heterocycles. The predicted molar refractivity (Wildman–Crippen MR) is 58.0 cm³/mol. The molecule has 15 heavy (non-hydrogen) atoms. The molecule has 0 aliphatic rings. The van der Waals surface area contributed by atoms with Crippen LogP contribution in [-0.2, 0) is 22.5 Å². The third-order valence-corrected chi connectivity index (χ3v) is 2.56. The topological polar surface area (TPSA) is 44.1 Å². The molecular formula is C10H15ClN2O2. The van der Waals surface area contributed by atoms with Gasteiger partial charge in [0.1, 0.15) is 0 Å². The van der Waals surface area contributed by atoms with E-state index in [1.54, 1.807) is 11.6 Å². The Bertz CT molecular complexity index is 361. The Labute approximate surface area is 94.2 Å². The molecule has 1 heterocycles. The number of carbonyl (C=O) groups excluding carboxylic acids is 1. The van der Waals surface area contributed by atoms with E-state index in [1.165, 1.54) is 0 Å². The number of rotatable bonds is 4. The number of hydrogen-bond acceptors (Lipinski definition) is 3. The van der Waals surface area contributed by atoms with Crippen LogP contribution in [0.3, 0.4) is 0 Å². The van der Waals surface area contributed by atoms with E-state index in [0.29, 0.717) is 18.2 Å². The molecule has 0 aliphatic carbocycles. The summed E-state index contributed by atoms with van der Waals surface area (Å²) in [7, 11) is 0. The number of ether oxygens (including phenoxy) is 1. The molecule has 0 spiro atoms. The first-order valence-electron chi connectivity index (χ1n) is 4.97. The van der Waals surface area contributed by atoms with Crippen molar-refractivity contribution in [2.75, 3.05) is 6.61 Å². The van der Waals surface area contributed by atoms with E-state index in [1.807, 2.05) is 13.8 Å². The smallest absolute Gasteiger partial charge is 0.311 e. The van der Waals surface area contributed by atoms with E-state index in [4.69, 9.17) is 16.3 Å². The lowest BCUT2D eigenvalue weighted by Crippen LogP contribution is -2.12. The van der Waals surface area contributed by atoms with E-state index in [-0.39, 0.29) is 12.4 Å². The quantitative estimate of drug-likeness (QED) is 0.743. The number of hydrogen-bond donors (Lipinski definition) is 0. The van der Waals surface area contributed by atoms with Gasteiger partial charge in [-0.15, -0.1) is 0 Å². The maximum Gasteiger partial charge on any atom is 0.311 e. The Morgan fingerprint density at radius 2 is 2.20 bits per heavy atom. The number of aryl methyl sites for hydroxylation is 2. The van der Waals surface area contributed by atoms with E-state index < -0.39 is 0 Å². The maximum atomic E-state index is 11.3. The van der Waals surface area contributed by atoms with Gasteiger partial charge in [-0.2, -0.15) is 5.10 Å². The summed E-state index contributed by atoms with van der Waals surface area (Å²) in [6, 6.07) is 0. The van der Waals surface area contributed by atoms with Crippen molar-refractivity contribution in [3.8, 4) is 0 Å². The SMILES string of the molecule is CCOC(=O)Cc1c(Cl)c(C)nn1CC. The van der Waals surface area contributed by atoms with Gasteiger partial charge in [-0.25, -0.2) is 0 Å². The lowest BCUT2D eigenvalue weighted by Gasteiger charge is -2.04. The molecular weight excluding hydrogens is 216 g/mol. The fourth-order valence-electron chi connectivity index (χ4n) is 1.39. The highest BCUT2D eigenvalue weighted by Crippen LogP contribution is 2.20. The summed E-state index contributed by atoms with van der Waals surface area (Å²) >= 11 is 6.05. The van der Waals surface area contributed by atoms with Crippen molar-refractivity contribution in [2.45, 2.75) is 33.7 Å². The molecule has 0 amide bonds. The van der Waals surface area contributed by atoms with Crippen LogP contribution in [0.1, 0.15) is 25.2 Å². The van der Waals surface area contributed by atoms with Crippen LogP contribution < -0.4 is 0 Å². The zero-order valence-corrected chi connectivity index (χ0v) is 9.97. The highest BCUT2D eigenvalue weighted by molar-refractivity contribution is 6.32. The number of aromatic nitrogens is 2. The molecule has 0 bridgehead atoms. The van der Waals surface area contributed by atoms with Crippen molar-refractivity contribution in [3.63, 3.8) is 0 Å². The molecule has 0 atom stereocenters. The summed E-state index contributed by atoms with van der Waals surface area (Å²) in [4.78, 5) is 11.3. The van der Waals surface area contributed by atoms with Crippen LogP contribution in [0.2, 0.25) is 5.02 Å². The van der Waals surface area contributed by atoms with Gasteiger partial charge < -0.3 is 4.74 Å². The molecule has 1 rings (SSSR count). The first-order valence-corrected chi connectivity index (χ1v) is 5.35. The van der Waals surface area contributed by atoms with Gasteiger partial charge in [0, 0.05) is 6.54 Å². The summed E-state index contributed by atoms with van der Waals surface area (Å²) in [6.07, 6.45) is 0.182. The maximum absolute atomic E-state index is 11.3. The average Bonchev–Trinajstić information content (AvgIpc) is 2.46. The zero-order chi connectivity index (χ0) is 11.4. The molecule has 0 fully saturated rings. The molecule has 1 aromatic rings. The first kappa shape index (κ1) is 12.0. The largest absolute Gasteiger partial charge is 0.466 e. The van der Waals surface area contributed by atoms with Gasteiger partial charge in [0.25, 0.3) is 0 Å². The van der Waals surface area contributed by atoms with E-state index in [2.05, 4.69) is 5.10 Å². The lowest BCUT2D eigenvalue weighted by molar-refractivity contribution is -0.142. The molecule has 0 saturated carbocycles. The molecule has 0 unspecified atom stereocenters. The minimum Gasteiger partial charge on any atom is -0.466 e. The van der Waals surface area contributed by atoms with E-state index >= 15 is 0 Å². The van der Waals surface area contributed by atoms with Crippen molar-refractivity contribution < 1.29 is 9.53 Å². The Morgan fingerprint density at radius 3 is 2.73 bits per heavy atom. The van der Waals surface area contributed by atoms with E-state index in [0.717, 1.165) is 11.4 Å². The van der Waals surface area contributed by atoms with Gasteiger partial charge in [0.05, 0.1) is 29.4 Å². The van der Waals surface area contributed by atoms with Crippen molar-refractivity contribution in [3.05, 3.63) is 16.4 Å². The van der Waals surface area contributed by atoms with Crippen LogP contribution in [0, 0.1) is 6.92 Å². The van der Waals surface area contributed by atoms with Gasteiger partial charge in [-0.1, -0.05) is 11.6 Å².